The number of rotatable bonds is 8. The Balaban J connectivity index is 0.000000646. The molecule has 1 heterocycles. The van der Waals surface area contributed by atoms with Gasteiger partial charge in [0, 0.05) is 12.1 Å². The average molecular weight is 606 g/mol. The van der Waals surface area contributed by atoms with Crippen molar-refractivity contribution in [3.05, 3.63) is 83.4 Å². The maximum absolute atomic E-state index is 14.0. The van der Waals surface area contributed by atoms with Gasteiger partial charge in [-0.25, -0.2) is 18.4 Å². The van der Waals surface area contributed by atoms with E-state index in [1.54, 1.807) is 48.5 Å². The predicted molar refractivity (Wildman–Crippen MR) is 142 cm³/mol. The Morgan fingerprint density at radius 3 is 2.30 bits per heavy atom. The zero-order chi connectivity index (χ0) is 31.7. The van der Waals surface area contributed by atoms with E-state index in [0.29, 0.717) is 41.8 Å². The highest BCUT2D eigenvalue weighted by Crippen LogP contribution is 2.29. The number of benzene rings is 3. The molecule has 3 N–H and O–H groups in total. The molecule has 1 atom stereocenters. The molecule has 0 aromatic heterocycles. The number of likely N-dealkylation sites (tertiary alicyclic amines) is 1. The van der Waals surface area contributed by atoms with Crippen LogP contribution in [0.3, 0.4) is 0 Å². The number of carboxylic acid groups (broad SMARTS) is 2. The second-order valence-corrected chi connectivity index (χ2v) is 9.14. The zero-order valence-electron chi connectivity index (χ0n) is 22.2. The van der Waals surface area contributed by atoms with E-state index in [9.17, 15) is 36.6 Å². The van der Waals surface area contributed by atoms with Crippen molar-refractivity contribution in [2.45, 2.75) is 31.7 Å². The molecule has 1 saturated heterocycles. The highest BCUT2D eigenvalue weighted by molar-refractivity contribution is 5.97. The summed E-state index contributed by atoms with van der Waals surface area (Å²) >= 11 is 0. The van der Waals surface area contributed by atoms with Gasteiger partial charge in [-0.15, -0.1) is 0 Å². The number of carboxylic acids is 2. The minimum Gasteiger partial charge on any atom is -0.489 e. The molecule has 0 saturated carbocycles. The SMILES string of the molecule is N#CCNc1cc(-c2ccc(OCc3cccc(C(=O)N4CCC[C@H]4C(=O)O)c3)cc2)cc(F)c1F.O=C(O)C(F)(F)F. The third-order valence-corrected chi connectivity index (χ3v) is 6.19. The quantitative estimate of drug-likeness (QED) is 0.227. The van der Waals surface area contributed by atoms with Crippen molar-refractivity contribution in [2.24, 2.45) is 0 Å². The van der Waals surface area contributed by atoms with Crippen LogP contribution in [-0.4, -0.2) is 58.3 Å². The summed E-state index contributed by atoms with van der Waals surface area (Å²) in [5.41, 5.74) is 2.12. The summed E-state index contributed by atoms with van der Waals surface area (Å²) in [6.07, 6.45) is -3.98. The summed E-state index contributed by atoms with van der Waals surface area (Å²) in [7, 11) is 0. The fraction of sp³-hybridized carbons (Fsp3) is 0.241. The normalized spacial score (nSPS) is 14.2. The van der Waals surface area contributed by atoms with E-state index in [-0.39, 0.29) is 24.7 Å². The summed E-state index contributed by atoms with van der Waals surface area (Å²) in [4.78, 5) is 34.5. The van der Waals surface area contributed by atoms with Crippen LogP contribution in [0.25, 0.3) is 11.1 Å². The van der Waals surface area contributed by atoms with Crippen molar-refractivity contribution in [1.29, 1.82) is 5.26 Å². The molecule has 3 aromatic carbocycles. The van der Waals surface area contributed by atoms with Crippen LogP contribution in [0.15, 0.2) is 60.7 Å². The van der Waals surface area contributed by atoms with E-state index in [1.165, 1.54) is 11.0 Å². The molecule has 1 aliphatic heterocycles. The number of ether oxygens (including phenoxy) is 1. The molecule has 0 bridgehead atoms. The Hall–Kier alpha value is -5.19. The molecule has 9 nitrogen and oxygen atoms in total. The van der Waals surface area contributed by atoms with Crippen LogP contribution in [-0.2, 0) is 16.2 Å². The molecule has 1 aliphatic rings. The minimum absolute atomic E-state index is 0.0927. The van der Waals surface area contributed by atoms with Crippen LogP contribution < -0.4 is 10.1 Å². The molecule has 1 fully saturated rings. The average Bonchev–Trinajstić information content (AvgIpc) is 3.47. The molecule has 0 unspecified atom stereocenters. The van der Waals surface area contributed by atoms with Crippen molar-refractivity contribution in [3.8, 4) is 22.9 Å². The fourth-order valence-electron chi connectivity index (χ4n) is 4.16. The number of anilines is 1. The summed E-state index contributed by atoms with van der Waals surface area (Å²) < 4.78 is 65.5. The monoisotopic (exact) mass is 605 g/mol. The number of carbonyl (C=O) groups is 3. The summed E-state index contributed by atoms with van der Waals surface area (Å²) in [5.74, 6) is -5.61. The van der Waals surface area contributed by atoms with Gasteiger partial charge in [-0.2, -0.15) is 18.4 Å². The van der Waals surface area contributed by atoms with E-state index in [1.807, 2.05) is 6.07 Å². The van der Waals surface area contributed by atoms with Crippen molar-refractivity contribution >= 4 is 23.5 Å². The number of alkyl halides is 3. The van der Waals surface area contributed by atoms with Crippen molar-refractivity contribution in [2.75, 3.05) is 18.4 Å². The number of aliphatic carboxylic acids is 2. The van der Waals surface area contributed by atoms with Gasteiger partial charge >= 0.3 is 18.1 Å². The van der Waals surface area contributed by atoms with Gasteiger partial charge in [0.15, 0.2) is 11.6 Å². The van der Waals surface area contributed by atoms with Gasteiger partial charge in [-0.3, -0.25) is 4.79 Å². The van der Waals surface area contributed by atoms with E-state index in [4.69, 9.17) is 19.9 Å². The van der Waals surface area contributed by atoms with Gasteiger partial charge in [0.05, 0.1) is 11.8 Å². The topological polar surface area (TPSA) is 140 Å². The van der Waals surface area contributed by atoms with Crippen LogP contribution in [0.2, 0.25) is 0 Å². The zero-order valence-corrected chi connectivity index (χ0v) is 22.2. The first kappa shape index (κ1) is 32.3. The Bertz CT molecular complexity index is 1520. The van der Waals surface area contributed by atoms with Crippen molar-refractivity contribution in [1.82, 2.24) is 4.90 Å². The molecule has 0 radical (unpaired) electrons. The number of nitriles is 1. The summed E-state index contributed by atoms with van der Waals surface area (Å²) in [6, 6.07) is 17.2. The largest absolute Gasteiger partial charge is 0.490 e. The van der Waals surface area contributed by atoms with E-state index < -0.39 is 35.8 Å². The standard InChI is InChI=1S/C27H23F2N3O4.C2HF3O2/c28-22-14-20(15-23(25(22)29)31-11-10-30)18-6-8-21(9-7-18)36-16-17-3-1-4-19(13-17)26(33)32-12-2-5-24(32)27(34)35;3-2(4,5)1(6)7/h1,3-4,6-9,13-15,24,31H,2,5,11-12,16H2,(H,34,35);(H,6,7)/t24-;/m0./s1. The molecule has 4 rings (SSSR count). The lowest BCUT2D eigenvalue weighted by molar-refractivity contribution is -0.192. The van der Waals surface area contributed by atoms with Crippen molar-refractivity contribution < 1.29 is 51.3 Å². The van der Waals surface area contributed by atoms with Crippen LogP contribution >= 0.6 is 0 Å². The van der Waals surface area contributed by atoms with Crippen LogP contribution in [0.1, 0.15) is 28.8 Å². The molecule has 0 spiro atoms. The molecule has 14 heteroatoms. The second-order valence-electron chi connectivity index (χ2n) is 9.14. The lowest BCUT2D eigenvalue weighted by Gasteiger charge is -2.21. The summed E-state index contributed by atoms with van der Waals surface area (Å²) in [6.45, 7) is 0.435. The molecule has 1 amide bonds. The number of nitrogens with one attached hydrogen (secondary N) is 1. The van der Waals surface area contributed by atoms with Crippen LogP contribution in [0, 0.1) is 23.0 Å². The van der Waals surface area contributed by atoms with Crippen molar-refractivity contribution in [3.63, 3.8) is 0 Å². The Morgan fingerprint density at radius 1 is 1.02 bits per heavy atom. The Morgan fingerprint density at radius 2 is 1.70 bits per heavy atom. The first-order valence-corrected chi connectivity index (χ1v) is 12.6. The Labute approximate surface area is 241 Å². The van der Waals surface area contributed by atoms with E-state index in [2.05, 4.69) is 5.32 Å². The van der Waals surface area contributed by atoms with E-state index in [0.717, 1.165) is 11.6 Å². The molecule has 3 aromatic rings. The predicted octanol–water partition coefficient (Wildman–Crippen LogP) is 5.47. The molecular formula is C29H24F5N3O6. The number of halogens is 5. The smallest absolute Gasteiger partial charge is 0.489 e. The highest BCUT2D eigenvalue weighted by atomic mass is 19.4. The molecule has 0 aliphatic carbocycles. The second kappa shape index (κ2) is 14.1. The van der Waals surface area contributed by atoms with Gasteiger partial charge in [0.2, 0.25) is 0 Å². The third-order valence-electron chi connectivity index (χ3n) is 6.19. The first-order chi connectivity index (χ1) is 20.3. The number of hydrogen-bond donors (Lipinski definition) is 3. The maximum Gasteiger partial charge on any atom is 0.490 e. The van der Waals surface area contributed by atoms with Crippen LogP contribution in [0.4, 0.5) is 27.6 Å². The Kier molecular flexibility index (Phi) is 10.6. The van der Waals surface area contributed by atoms with Gasteiger partial charge < -0.3 is 25.2 Å². The number of carbonyl (C=O) groups excluding carboxylic acids is 1. The number of nitrogens with zero attached hydrogens (tertiary/aromatic N) is 2. The lowest BCUT2D eigenvalue weighted by Crippen LogP contribution is -2.40. The highest BCUT2D eigenvalue weighted by Gasteiger charge is 2.38. The summed E-state index contributed by atoms with van der Waals surface area (Å²) in [5, 5.41) is 27.7. The van der Waals surface area contributed by atoms with Gasteiger partial charge in [0.25, 0.3) is 5.91 Å². The molecule has 43 heavy (non-hydrogen) atoms. The fourth-order valence-corrected chi connectivity index (χ4v) is 4.16. The van der Waals surface area contributed by atoms with E-state index >= 15 is 0 Å². The molecular weight excluding hydrogens is 581 g/mol. The lowest BCUT2D eigenvalue weighted by atomic mass is 10.0. The maximum atomic E-state index is 14.0. The third kappa shape index (κ3) is 8.65. The number of hydrogen-bond acceptors (Lipinski definition) is 6. The van der Waals surface area contributed by atoms with Crippen LogP contribution in [0.5, 0.6) is 5.75 Å². The van der Waals surface area contributed by atoms with Gasteiger partial charge in [0.1, 0.15) is 24.9 Å². The first-order valence-electron chi connectivity index (χ1n) is 12.6. The minimum atomic E-state index is -5.08. The molecule has 226 valence electrons. The number of amides is 1. The van der Waals surface area contributed by atoms with Gasteiger partial charge in [-0.05, 0) is 65.9 Å². The van der Waals surface area contributed by atoms with Gasteiger partial charge in [-0.1, -0.05) is 24.3 Å².